The fourth-order valence-electron chi connectivity index (χ4n) is 1.69. The van der Waals surface area contributed by atoms with Gasteiger partial charge in [-0.25, -0.2) is 0 Å². The predicted molar refractivity (Wildman–Crippen MR) is 74.6 cm³/mol. The number of rotatable bonds is 2. The molecule has 0 bridgehead atoms. The Bertz CT molecular complexity index is 490. The third kappa shape index (κ3) is 3.26. The minimum Gasteiger partial charge on any atom is -0.333 e. The average Bonchev–Trinajstić information content (AvgIpc) is 2.42. The molecule has 2 nitrogen and oxygen atoms in total. The number of aryl methyl sites for hydroxylation is 1. The Morgan fingerprint density at radius 3 is 2.35 bits per heavy atom. The van der Waals surface area contributed by atoms with Crippen LogP contribution < -0.4 is 5.73 Å². The fourth-order valence-corrected chi connectivity index (χ4v) is 1.69. The van der Waals surface area contributed by atoms with Gasteiger partial charge in [-0.15, -0.1) is 0 Å². The van der Waals surface area contributed by atoms with Crippen LogP contribution in [0.15, 0.2) is 48.5 Å². The van der Waals surface area contributed by atoms with Crippen LogP contribution in [0.5, 0.6) is 0 Å². The molecule has 0 fully saturated rings. The molecule has 0 atom stereocenters. The molecule has 0 spiro atoms. The second-order valence-electron chi connectivity index (χ2n) is 3.58. The van der Waals surface area contributed by atoms with Crippen LogP contribution >= 0.6 is 0 Å². The van der Waals surface area contributed by atoms with Gasteiger partial charge in [0.25, 0.3) is 0 Å². The minimum atomic E-state index is 0.941. The first-order chi connectivity index (χ1) is 8.31. The van der Waals surface area contributed by atoms with Gasteiger partial charge in [0.2, 0.25) is 0 Å². The Kier molecular flexibility index (Phi) is 5.11. The summed E-state index contributed by atoms with van der Waals surface area (Å²) in [6.07, 6.45) is 1.38. The first-order valence-corrected chi connectivity index (χ1v) is 5.55. The smallest absolute Gasteiger partial charge is 0.0250 e. The lowest BCUT2D eigenvalue weighted by Crippen LogP contribution is -1.85. The normalized spacial score (nSPS) is 9.12. The van der Waals surface area contributed by atoms with Crippen LogP contribution in [0.2, 0.25) is 0 Å². The van der Waals surface area contributed by atoms with Crippen molar-refractivity contribution < 1.29 is 0 Å². The summed E-state index contributed by atoms with van der Waals surface area (Å²) in [6.45, 7) is 2.10. The van der Waals surface area contributed by atoms with E-state index in [1.807, 2.05) is 30.3 Å². The third-order valence-corrected chi connectivity index (χ3v) is 2.51. The predicted octanol–water partition coefficient (Wildman–Crippen LogP) is 3.23. The van der Waals surface area contributed by atoms with E-state index in [2.05, 4.69) is 30.9 Å². The van der Waals surface area contributed by atoms with Gasteiger partial charge in [-0.1, -0.05) is 42.5 Å². The van der Waals surface area contributed by atoms with Gasteiger partial charge in [-0.3, -0.25) is 0 Å². The number of hydrogen-bond donors (Lipinski definition) is 2. The van der Waals surface area contributed by atoms with E-state index in [0.29, 0.717) is 0 Å². The molecule has 0 aliphatic rings. The quantitative estimate of drug-likeness (QED) is 0.759. The summed E-state index contributed by atoms with van der Waals surface area (Å²) in [6, 6.07) is 16.3. The van der Waals surface area contributed by atoms with E-state index in [4.69, 9.17) is 5.41 Å². The second kappa shape index (κ2) is 6.61. The largest absolute Gasteiger partial charge is 0.333 e. The Morgan fingerprint density at radius 1 is 1.00 bits per heavy atom. The summed E-state index contributed by atoms with van der Waals surface area (Å²) in [5.41, 5.74) is 9.12. The summed E-state index contributed by atoms with van der Waals surface area (Å²) in [5.74, 6) is 0. The molecular formula is C15H18N2. The molecule has 2 rings (SSSR count). The molecule has 2 aromatic carbocycles. The van der Waals surface area contributed by atoms with Crippen molar-refractivity contribution in [2.24, 2.45) is 5.73 Å². The van der Waals surface area contributed by atoms with Crippen LogP contribution in [0.1, 0.15) is 11.1 Å². The average molecular weight is 226 g/mol. The maximum Gasteiger partial charge on any atom is 0.0250 e. The summed E-state index contributed by atoms with van der Waals surface area (Å²) in [7, 11) is 1.50. The first-order valence-electron chi connectivity index (χ1n) is 5.55. The van der Waals surface area contributed by atoms with Gasteiger partial charge in [-0.2, -0.15) is 0 Å². The number of nitrogens with one attached hydrogen (secondary N) is 1. The van der Waals surface area contributed by atoms with Crippen molar-refractivity contribution in [3.8, 4) is 11.1 Å². The molecule has 0 unspecified atom stereocenters. The van der Waals surface area contributed by atoms with Gasteiger partial charge >= 0.3 is 0 Å². The van der Waals surface area contributed by atoms with Crippen molar-refractivity contribution in [3.05, 3.63) is 59.7 Å². The Morgan fingerprint density at radius 2 is 1.71 bits per heavy atom. The summed E-state index contributed by atoms with van der Waals surface area (Å²) < 4.78 is 0. The zero-order valence-electron chi connectivity index (χ0n) is 10.3. The van der Waals surface area contributed by atoms with Gasteiger partial charge < -0.3 is 11.1 Å². The molecule has 0 aliphatic carbocycles. The summed E-state index contributed by atoms with van der Waals surface area (Å²) >= 11 is 0. The van der Waals surface area contributed by atoms with Crippen molar-refractivity contribution in [1.82, 2.24) is 0 Å². The van der Waals surface area contributed by atoms with E-state index in [9.17, 15) is 0 Å². The fraction of sp³-hybridized carbons (Fsp3) is 0.133. The molecule has 2 heteroatoms. The van der Waals surface area contributed by atoms with Crippen LogP contribution in [0, 0.1) is 12.3 Å². The molecule has 0 aromatic heterocycles. The molecule has 0 radical (unpaired) electrons. The highest BCUT2D eigenvalue weighted by Gasteiger charge is 2.00. The van der Waals surface area contributed by atoms with E-state index in [1.54, 1.807) is 0 Å². The van der Waals surface area contributed by atoms with E-state index >= 15 is 0 Å². The maximum absolute atomic E-state index is 7.23. The maximum atomic E-state index is 7.23. The van der Waals surface area contributed by atoms with Gasteiger partial charge in [0, 0.05) is 6.21 Å². The minimum absolute atomic E-state index is 0.941. The second-order valence-corrected chi connectivity index (χ2v) is 3.58. The Balaban J connectivity index is 0.000000686. The Hall–Kier alpha value is -1.93. The molecule has 0 saturated carbocycles. The van der Waals surface area contributed by atoms with E-state index in [1.165, 1.54) is 30.0 Å². The van der Waals surface area contributed by atoms with Crippen LogP contribution in [0.25, 0.3) is 11.1 Å². The standard InChI is InChI=1S/C14H13N.CH5N/c1-11-5-2-3-8-14(11)13-7-4-6-12(9-13)10-15;1-2/h2-10,15H,1H3;2H2,1H3. The van der Waals surface area contributed by atoms with Crippen molar-refractivity contribution in [2.45, 2.75) is 6.92 Å². The van der Waals surface area contributed by atoms with Crippen molar-refractivity contribution in [2.75, 3.05) is 7.05 Å². The van der Waals surface area contributed by atoms with Crippen LogP contribution in [-0.4, -0.2) is 13.3 Å². The molecule has 0 aliphatic heterocycles. The zero-order chi connectivity index (χ0) is 12.7. The molecule has 17 heavy (non-hydrogen) atoms. The van der Waals surface area contributed by atoms with Crippen LogP contribution in [0.4, 0.5) is 0 Å². The van der Waals surface area contributed by atoms with Gasteiger partial charge in [0.05, 0.1) is 0 Å². The van der Waals surface area contributed by atoms with Gasteiger partial charge in [0.15, 0.2) is 0 Å². The van der Waals surface area contributed by atoms with E-state index < -0.39 is 0 Å². The molecule has 2 aromatic rings. The molecule has 3 N–H and O–H groups in total. The van der Waals surface area contributed by atoms with Crippen molar-refractivity contribution in [3.63, 3.8) is 0 Å². The zero-order valence-corrected chi connectivity index (χ0v) is 10.3. The third-order valence-electron chi connectivity index (χ3n) is 2.51. The highest BCUT2D eigenvalue weighted by atomic mass is 14.4. The summed E-state index contributed by atoms with van der Waals surface area (Å²) in [4.78, 5) is 0. The van der Waals surface area contributed by atoms with Crippen molar-refractivity contribution >= 4 is 6.21 Å². The molecule has 0 saturated heterocycles. The number of hydrogen-bond acceptors (Lipinski definition) is 2. The van der Waals surface area contributed by atoms with Crippen LogP contribution in [-0.2, 0) is 0 Å². The Labute approximate surface area is 103 Å². The van der Waals surface area contributed by atoms with Gasteiger partial charge in [-0.05, 0) is 42.3 Å². The van der Waals surface area contributed by atoms with E-state index in [0.717, 1.165) is 5.56 Å². The molecule has 0 heterocycles. The van der Waals surface area contributed by atoms with Gasteiger partial charge in [0.1, 0.15) is 0 Å². The number of nitrogens with two attached hydrogens (primary N) is 1. The van der Waals surface area contributed by atoms with E-state index in [-0.39, 0.29) is 0 Å². The van der Waals surface area contributed by atoms with Crippen LogP contribution in [0.3, 0.4) is 0 Å². The van der Waals surface area contributed by atoms with Crippen molar-refractivity contribution in [1.29, 1.82) is 5.41 Å². The summed E-state index contributed by atoms with van der Waals surface area (Å²) in [5, 5.41) is 7.23. The molecule has 88 valence electrons. The highest BCUT2D eigenvalue weighted by Crippen LogP contribution is 2.23. The highest BCUT2D eigenvalue weighted by molar-refractivity contribution is 5.80. The molecular weight excluding hydrogens is 208 g/mol. The lowest BCUT2D eigenvalue weighted by molar-refractivity contribution is 1.45. The SMILES string of the molecule is CN.Cc1ccccc1-c1cccc(C=N)c1. The monoisotopic (exact) mass is 226 g/mol. The topological polar surface area (TPSA) is 49.9 Å². The lowest BCUT2D eigenvalue weighted by atomic mass is 9.99. The molecule has 0 amide bonds. The first kappa shape index (κ1) is 13.1. The lowest BCUT2D eigenvalue weighted by Gasteiger charge is -2.05. The number of benzene rings is 2.